The van der Waals surface area contributed by atoms with E-state index in [9.17, 15) is 63.4 Å². The molecule has 0 amide bonds. The van der Waals surface area contributed by atoms with Crippen molar-refractivity contribution in [2.45, 2.75) is 37.0 Å². The van der Waals surface area contributed by atoms with Gasteiger partial charge in [-0.2, -0.15) is 36.5 Å². The Kier molecular flexibility index (Phi) is 17.5. The molecule has 6 heterocycles. The van der Waals surface area contributed by atoms with Gasteiger partial charge < -0.3 is 11.5 Å². The number of nitrogen functional groups attached to an aromatic ring is 2. The Balaban J connectivity index is 0.000000243. The van der Waals surface area contributed by atoms with Crippen LogP contribution in [0.3, 0.4) is 0 Å². The molecule has 0 radical (unpaired) electrons. The molecular formula is C36H37BrF6N14O8S2. The summed E-state index contributed by atoms with van der Waals surface area (Å²) in [6.45, 7) is 0. The van der Waals surface area contributed by atoms with Crippen molar-refractivity contribution in [3.05, 3.63) is 122 Å². The van der Waals surface area contributed by atoms with Crippen molar-refractivity contribution < 1.29 is 53.0 Å². The Morgan fingerprint density at radius 3 is 1.58 bits per heavy atom. The van der Waals surface area contributed by atoms with Crippen LogP contribution >= 0.6 is 15.9 Å². The highest BCUT2D eigenvalue weighted by molar-refractivity contribution is 9.10. The zero-order valence-corrected chi connectivity index (χ0v) is 37.7. The van der Waals surface area contributed by atoms with Gasteiger partial charge in [0.1, 0.15) is 4.60 Å². The smallest absolute Gasteiger partial charge is 0.378 e. The van der Waals surface area contributed by atoms with E-state index in [-0.39, 0.29) is 39.8 Å². The van der Waals surface area contributed by atoms with E-state index >= 15 is 0 Å². The number of aromatic amines is 1. The normalized spacial score (nSPS) is 12.8. The maximum atomic E-state index is 13.5. The Morgan fingerprint density at radius 1 is 0.716 bits per heavy atom. The van der Waals surface area contributed by atoms with E-state index in [1.165, 1.54) is 79.1 Å². The number of anilines is 2. The van der Waals surface area contributed by atoms with Gasteiger partial charge in [0.05, 0.1) is 56.7 Å². The van der Waals surface area contributed by atoms with E-state index in [4.69, 9.17) is 11.5 Å². The molecule has 31 heteroatoms. The van der Waals surface area contributed by atoms with Crippen molar-refractivity contribution in [3.8, 4) is 28.1 Å². The summed E-state index contributed by atoms with van der Waals surface area (Å²) in [6, 6.07) is 8.05. The summed E-state index contributed by atoms with van der Waals surface area (Å²) in [4.78, 5) is 36.0. The highest BCUT2D eigenvalue weighted by Gasteiger charge is 2.42. The lowest BCUT2D eigenvalue weighted by molar-refractivity contribution is -0.383. The standard InChI is InChI=1S/C18H18F3N7O4S.C10H12BrF3N2O2S.C8H7N5O2/c1-23-33(31,32)7-5-14(18(19,20)21)11-2-3-15(25-8-11)27-10-12(9-26-27)13-4-6-24-17(22)16(13)28(29)30;1-15-19(17,18)5-4-8(10(12,13)14)7-2-3-9(11)16-6-7;9-8-7(13(14)15)6(1-2-10-8)5-3-11-12-4-5/h2-4,6,8-10,14,23H,5,7H2,1H3,(H2,22,24);2-3,6,8,15H,4-5H2,1H3;1-4H,(H2,9,10)(H,11,12). The van der Waals surface area contributed by atoms with Crippen LogP contribution < -0.4 is 20.9 Å². The van der Waals surface area contributed by atoms with Gasteiger partial charge in [-0.05, 0) is 78.3 Å². The molecule has 67 heavy (non-hydrogen) atoms. The molecule has 6 aromatic rings. The lowest BCUT2D eigenvalue weighted by Gasteiger charge is -2.20. The quantitative estimate of drug-likeness (QED) is 0.0351. The average Bonchev–Trinajstić information content (AvgIpc) is 3.98. The van der Waals surface area contributed by atoms with Crippen LogP contribution in [0.15, 0.2) is 90.6 Å². The van der Waals surface area contributed by atoms with Crippen molar-refractivity contribution in [2.75, 3.05) is 37.1 Å². The number of nitrogens with one attached hydrogen (secondary N) is 3. The minimum absolute atomic E-state index is 0.0537. The predicted octanol–water partition coefficient (Wildman–Crippen LogP) is 5.80. The number of pyridine rings is 4. The van der Waals surface area contributed by atoms with Crippen LogP contribution in [-0.2, 0) is 20.0 Å². The van der Waals surface area contributed by atoms with Crippen LogP contribution in [0.4, 0.5) is 49.4 Å². The molecular weight excluding hydrogens is 1010 g/mol. The Hall–Kier alpha value is -6.70. The molecule has 6 rings (SSSR count). The summed E-state index contributed by atoms with van der Waals surface area (Å²) >= 11 is 3.03. The molecule has 2 atom stereocenters. The van der Waals surface area contributed by atoms with E-state index in [0.29, 0.717) is 21.3 Å². The number of nitrogens with zero attached hydrogens (tertiary/aromatic N) is 9. The van der Waals surface area contributed by atoms with Gasteiger partial charge in [-0.1, -0.05) is 12.1 Å². The zero-order chi connectivity index (χ0) is 49.9. The second kappa shape index (κ2) is 22.2. The number of hydrogen-bond acceptors (Lipinski definition) is 16. The molecule has 360 valence electrons. The maximum Gasteiger partial charge on any atom is 0.395 e. The molecule has 0 spiro atoms. The second-order valence-electron chi connectivity index (χ2n) is 13.5. The number of nitrogens with two attached hydrogens (primary N) is 2. The number of rotatable bonds is 15. The summed E-state index contributed by atoms with van der Waals surface area (Å²) < 4.78 is 130. The van der Waals surface area contributed by atoms with Crippen LogP contribution in [0, 0.1) is 20.2 Å². The van der Waals surface area contributed by atoms with Gasteiger partial charge in [0, 0.05) is 48.3 Å². The highest BCUT2D eigenvalue weighted by Crippen LogP contribution is 2.39. The topological polar surface area (TPSA) is 329 Å². The number of alkyl halides is 6. The molecule has 22 nitrogen and oxygen atoms in total. The van der Waals surface area contributed by atoms with Gasteiger partial charge in [-0.25, -0.2) is 50.9 Å². The van der Waals surface area contributed by atoms with Gasteiger partial charge in [0.2, 0.25) is 31.7 Å². The third-order valence-electron chi connectivity index (χ3n) is 9.30. The lowest BCUT2D eigenvalue weighted by atomic mass is 9.97. The number of sulfonamides is 2. The van der Waals surface area contributed by atoms with Crippen LogP contribution in [0.2, 0.25) is 0 Å². The molecule has 0 aliphatic rings. The summed E-state index contributed by atoms with van der Waals surface area (Å²) in [5.74, 6) is -5.40. The van der Waals surface area contributed by atoms with Crippen molar-refractivity contribution in [1.82, 2.24) is 49.4 Å². The minimum Gasteiger partial charge on any atom is -0.378 e. The first kappa shape index (κ1) is 52.9. The average molecular weight is 1050 g/mol. The van der Waals surface area contributed by atoms with Gasteiger partial charge in [-0.3, -0.25) is 25.3 Å². The van der Waals surface area contributed by atoms with E-state index in [1.54, 1.807) is 6.20 Å². The molecule has 0 aliphatic carbocycles. The molecule has 6 aromatic heterocycles. The van der Waals surface area contributed by atoms with Gasteiger partial charge in [0.25, 0.3) is 0 Å². The van der Waals surface area contributed by atoms with Gasteiger partial charge >= 0.3 is 23.7 Å². The number of hydrogen-bond donors (Lipinski definition) is 5. The first-order valence-corrected chi connectivity index (χ1v) is 22.7. The summed E-state index contributed by atoms with van der Waals surface area (Å²) in [5.41, 5.74) is 11.7. The van der Waals surface area contributed by atoms with Gasteiger partial charge in [0.15, 0.2) is 5.82 Å². The fourth-order valence-corrected chi connectivity index (χ4v) is 7.63. The van der Waals surface area contributed by atoms with E-state index in [0.717, 1.165) is 19.4 Å². The molecule has 0 aliphatic heterocycles. The fraction of sp³-hybridized carbons (Fsp3) is 0.278. The fourth-order valence-electron chi connectivity index (χ4n) is 5.90. The van der Waals surface area contributed by atoms with Crippen molar-refractivity contribution in [3.63, 3.8) is 0 Å². The third-order valence-corrected chi connectivity index (χ3v) is 12.6. The van der Waals surface area contributed by atoms with Crippen molar-refractivity contribution in [2.24, 2.45) is 0 Å². The van der Waals surface area contributed by atoms with Gasteiger partial charge in [-0.15, -0.1) is 0 Å². The van der Waals surface area contributed by atoms with Crippen LogP contribution in [0.1, 0.15) is 35.8 Å². The number of aromatic nitrogens is 8. The SMILES string of the molecule is CNS(=O)(=O)CCC(c1ccc(-n2cc(-c3ccnc(N)c3[N+](=O)[O-])cn2)nc1)C(F)(F)F.CNS(=O)(=O)CCC(c1ccc(Br)nc1)C(F)(F)F.Nc1nccc(-c2cn[nH]c2)c1[N+](=O)[O-]. The lowest BCUT2D eigenvalue weighted by Crippen LogP contribution is -2.28. The second-order valence-corrected chi connectivity index (χ2v) is 18.4. The Bertz CT molecular complexity index is 2860. The zero-order valence-electron chi connectivity index (χ0n) is 34.5. The van der Waals surface area contributed by atoms with Crippen molar-refractivity contribution in [1.29, 1.82) is 0 Å². The molecule has 7 N–H and O–H groups in total. The first-order valence-electron chi connectivity index (χ1n) is 18.6. The largest absolute Gasteiger partial charge is 0.395 e. The first-order chi connectivity index (χ1) is 31.3. The Morgan fingerprint density at radius 2 is 1.19 bits per heavy atom. The predicted molar refractivity (Wildman–Crippen MR) is 233 cm³/mol. The maximum absolute atomic E-state index is 13.5. The van der Waals surface area contributed by atoms with E-state index < -0.39 is 84.1 Å². The number of halogens is 7. The molecule has 2 unspecified atom stereocenters. The number of H-pyrrole nitrogens is 1. The van der Waals surface area contributed by atoms with Crippen LogP contribution in [-0.4, -0.2) is 105 Å². The number of nitro groups is 2. The monoisotopic (exact) mass is 1050 g/mol. The van der Waals surface area contributed by atoms with Crippen molar-refractivity contribution >= 4 is 59.0 Å². The van der Waals surface area contributed by atoms with E-state index in [2.05, 4.69) is 51.2 Å². The molecule has 0 fully saturated rings. The third kappa shape index (κ3) is 14.6. The molecule has 0 bridgehead atoms. The molecule has 0 aromatic carbocycles. The minimum atomic E-state index is -4.68. The molecule has 0 saturated heterocycles. The summed E-state index contributed by atoms with van der Waals surface area (Å²) in [7, 11) is -5.19. The molecule has 0 saturated carbocycles. The van der Waals surface area contributed by atoms with E-state index in [1.807, 2.05) is 9.44 Å². The van der Waals surface area contributed by atoms with Crippen LogP contribution in [0.5, 0.6) is 0 Å². The Labute approximate surface area is 384 Å². The van der Waals surface area contributed by atoms with Crippen LogP contribution in [0.25, 0.3) is 28.1 Å². The summed E-state index contributed by atoms with van der Waals surface area (Å²) in [6.07, 6.45) is 0.166. The summed E-state index contributed by atoms with van der Waals surface area (Å²) in [5, 5.41) is 32.5. The highest BCUT2D eigenvalue weighted by atomic mass is 79.9.